The molecular formula is C33H44N6O4. The molecule has 0 bridgehead atoms. The van der Waals surface area contributed by atoms with E-state index in [4.69, 9.17) is 4.74 Å². The Labute approximate surface area is 254 Å². The van der Waals surface area contributed by atoms with E-state index in [1.54, 1.807) is 0 Å². The Morgan fingerprint density at radius 2 is 1.14 bits per heavy atom. The van der Waals surface area contributed by atoms with Crippen molar-refractivity contribution in [1.82, 2.24) is 0 Å². The number of hydrogen-bond acceptors (Lipinski definition) is 10. The number of anilines is 2. The maximum atomic E-state index is 12.5. The lowest BCUT2D eigenvalue weighted by Gasteiger charge is -2.26. The van der Waals surface area contributed by atoms with Crippen molar-refractivity contribution >= 4 is 40.1 Å². The van der Waals surface area contributed by atoms with E-state index in [-0.39, 0.29) is 19.2 Å². The summed E-state index contributed by atoms with van der Waals surface area (Å²) in [5.41, 5.74) is 4.29. The van der Waals surface area contributed by atoms with Crippen LogP contribution in [-0.4, -0.2) is 62.7 Å². The first-order valence-corrected chi connectivity index (χ1v) is 14.8. The highest BCUT2D eigenvalue weighted by atomic mass is 16.5. The van der Waals surface area contributed by atoms with Gasteiger partial charge in [-0.25, -0.2) is 0 Å². The van der Waals surface area contributed by atoms with E-state index < -0.39 is 5.41 Å². The third-order valence-corrected chi connectivity index (χ3v) is 7.39. The van der Waals surface area contributed by atoms with E-state index in [9.17, 15) is 15.0 Å². The van der Waals surface area contributed by atoms with Crippen LogP contribution < -0.4 is 9.80 Å². The Hall–Kier alpha value is -4.15. The number of aliphatic hydroxyl groups is 2. The summed E-state index contributed by atoms with van der Waals surface area (Å²) < 4.78 is 5.58. The smallest absolute Gasteiger partial charge is 0.311 e. The lowest BCUT2D eigenvalue weighted by molar-refractivity contribution is -0.155. The van der Waals surface area contributed by atoms with Crippen LogP contribution in [0.4, 0.5) is 34.1 Å². The van der Waals surface area contributed by atoms with E-state index in [1.807, 2.05) is 103 Å². The molecule has 10 nitrogen and oxygen atoms in total. The number of benzene rings is 3. The monoisotopic (exact) mass is 588 g/mol. The molecule has 0 spiro atoms. The largest absolute Gasteiger partial charge is 0.463 e. The van der Waals surface area contributed by atoms with Crippen molar-refractivity contribution in [3.63, 3.8) is 0 Å². The second-order valence-electron chi connectivity index (χ2n) is 10.6. The van der Waals surface area contributed by atoms with Crippen LogP contribution in [-0.2, 0) is 9.53 Å². The molecule has 0 aliphatic rings. The van der Waals surface area contributed by atoms with E-state index in [1.165, 1.54) is 0 Å². The van der Waals surface area contributed by atoms with Gasteiger partial charge >= 0.3 is 5.97 Å². The molecule has 10 heteroatoms. The lowest BCUT2D eigenvalue weighted by Crippen LogP contribution is -2.32. The normalized spacial score (nSPS) is 12.9. The summed E-state index contributed by atoms with van der Waals surface area (Å²) in [6, 6.07) is 22.5. The number of nitrogens with zero attached hydrogens (tertiary/aromatic N) is 6. The first kappa shape index (κ1) is 33.4. The fourth-order valence-corrected chi connectivity index (χ4v) is 4.49. The average Bonchev–Trinajstić information content (AvgIpc) is 3.03. The SMILES string of the molecule is CCCC(C)(CC)C(=O)OCCN(C)c1ccc(N=Nc2ccc(N=Nc3ccc(N(CCO)CCO)cc3)cc2)cc1. The lowest BCUT2D eigenvalue weighted by atomic mass is 9.83. The fraction of sp³-hybridized carbons (Fsp3) is 0.424. The predicted octanol–water partition coefficient (Wildman–Crippen LogP) is 7.50. The summed E-state index contributed by atoms with van der Waals surface area (Å²) in [5, 5.41) is 35.7. The predicted molar refractivity (Wildman–Crippen MR) is 172 cm³/mol. The molecule has 230 valence electrons. The van der Waals surface area contributed by atoms with Crippen LogP contribution in [0.15, 0.2) is 93.3 Å². The van der Waals surface area contributed by atoms with Gasteiger partial charge in [-0.3, -0.25) is 4.79 Å². The van der Waals surface area contributed by atoms with Crippen molar-refractivity contribution in [2.45, 2.75) is 40.0 Å². The number of likely N-dealkylation sites (N-methyl/N-ethyl adjacent to an activating group) is 1. The van der Waals surface area contributed by atoms with Gasteiger partial charge in [0.2, 0.25) is 0 Å². The fourth-order valence-electron chi connectivity index (χ4n) is 4.49. The van der Waals surface area contributed by atoms with Crippen LogP contribution in [0.1, 0.15) is 40.0 Å². The van der Waals surface area contributed by atoms with E-state index in [0.29, 0.717) is 43.3 Å². The number of carbonyl (C=O) groups excluding carboxylic acids is 1. The summed E-state index contributed by atoms with van der Waals surface area (Å²) in [6.45, 7) is 7.97. The molecule has 1 atom stereocenters. The van der Waals surface area contributed by atoms with E-state index in [0.717, 1.165) is 36.3 Å². The molecule has 0 aliphatic carbocycles. The summed E-state index contributed by atoms with van der Waals surface area (Å²) >= 11 is 0. The van der Waals surface area contributed by atoms with Crippen LogP contribution in [0, 0.1) is 5.41 Å². The zero-order valence-electron chi connectivity index (χ0n) is 25.7. The molecule has 0 saturated heterocycles. The van der Waals surface area contributed by atoms with Crippen LogP contribution in [0.5, 0.6) is 0 Å². The van der Waals surface area contributed by atoms with Gasteiger partial charge in [0.25, 0.3) is 0 Å². The second kappa shape index (κ2) is 17.1. The molecule has 0 aliphatic heterocycles. The topological polar surface area (TPSA) is 123 Å². The highest BCUT2D eigenvalue weighted by Gasteiger charge is 2.31. The minimum atomic E-state index is -0.413. The van der Waals surface area contributed by atoms with Crippen molar-refractivity contribution in [3.05, 3.63) is 72.8 Å². The molecule has 0 saturated carbocycles. The Balaban J connectivity index is 1.49. The summed E-state index contributed by atoms with van der Waals surface area (Å²) in [7, 11) is 1.97. The summed E-state index contributed by atoms with van der Waals surface area (Å²) in [6.07, 6.45) is 2.56. The average molecular weight is 589 g/mol. The van der Waals surface area contributed by atoms with Crippen LogP contribution in [0.3, 0.4) is 0 Å². The van der Waals surface area contributed by atoms with Gasteiger partial charge in [0.05, 0.1) is 47.9 Å². The Bertz CT molecular complexity index is 1310. The van der Waals surface area contributed by atoms with Crippen molar-refractivity contribution in [2.24, 2.45) is 25.9 Å². The molecule has 0 aromatic heterocycles. The van der Waals surface area contributed by atoms with Gasteiger partial charge in [-0.15, -0.1) is 0 Å². The maximum absolute atomic E-state index is 12.5. The minimum absolute atomic E-state index is 0.0141. The molecule has 3 rings (SSSR count). The maximum Gasteiger partial charge on any atom is 0.311 e. The van der Waals surface area contributed by atoms with Gasteiger partial charge in [-0.2, -0.15) is 20.5 Å². The second-order valence-corrected chi connectivity index (χ2v) is 10.6. The van der Waals surface area contributed by atoms with Crippen molar-refractivity contribution in [2.75, 3.05) is 56.3 Å². The first-order chi connectivity index (χ1) is 20.8. The number of azo groups is 2. The zero-order valence-corrected chi connectivity index (χ0v) is 25.7. The van der Waals surface area contributed by atoms with Crippen molar-refractivity contribution in [3.8, 4) is 0 Å². The standard InChI is InChI=1S/C33H44N6O4/c1-5-19-33(3,6-2)32(42)43-25-22-38(4)30-15-11-28(12-16-30)36-34-26-7-9-27(10-8-26)35-37-29-13-17-31(18-14-29)39(20-23-40)21-24-41/h7-18,40-41H,5-6,19-25H2,1-4H3. The van der Waals surface area contributed by atoms with Crippen LogP contribution >= 0.6 is 0 Å². The quantitative estimate of drug-likeness (QED) is 0.124. The van der Waals surface area contributed by atoms with Crippen LogP contribution in [0.25, 0.3) is 0 Å². The molecule has 0 fully saturated rings. The number of rotatable bonds is 17. The number of esters is 1. The van der Waals surface area contributed by atoms with Gasteiger partial charge in [0.1, 0.15) is 6.61 Å². The summed E-state index contributed by atoms with van der Waals surface area (Å²) in [5.74, 6) is -0.121. The molecule has 0 amide bonds. The van der Waals surface area contributed by atoms with Crippen molar-refractivity contribution in [1.29, 1.82) is 0 Å². The molecule has 43 heavy (non-hydrogen) atoms. The third kappa shape index (κ3) is 10.3. The van der Waals surface area contributed by atoms with Gasteiger partial charge in [0.15, 0.2) is 0 Å². The zero-order chi connectivity index (χ0) is 31.1. The number of ether oxygens (including phenoxy) is 1. The minimum Gasteiger partial charge on any atom is -0.463 e. The number of aliphatic hydroxyl groups excluding tert-OH is 2. The highest BCUT2D eigenvalue weighted by molar-refractivity contribution is 5.76. The van der Waals surface area contributed by atoms with Crippen molar-refractivity contribution < 1.29 is 19.7 Å². The highest BCUT2D eigenvalue weighted by Crippen LogP contribution is 2.29. The van der Waals surface area contributed by atoms with E-state index >= 15 is 0 Å². The van der Waals surface area contributed by atoms with Gasteiger partial charge in [-0.05, 0) is 92.6 Å². The van der Waals surface area contributed by atoms with Gasteiger partial charge in [0, 0.05) is 31.5 Å². The molecule has 2 N–H and O–H groups in total. The Morgan fingerprint density at radius 1 is 0.721 bits per heavy atom. The number of carbonyl (C=O) groups is 1. The first-order valence-electron chi connectivity index (χ1n) is 14.8. The molecule has 1 unspecified atom stereocenters. The Morgan fingerprint density at radius 3 is 1.53 bits per heavy atom. The summed E-state index contributed by atoms with van der Waals surface area (Å²) in [4.78, 5) is 16.5. The molecule has 3 aromatic carbocycles. The molecule has 0 heterocycles. The van der Waals surface area contributed by atoms with Gasteiger partial charge < -0.3 is 24.7 Å². The van der Waals surface area contributed by atoms with Gasteiger partial charge in [-0.1, -0.05) is 20.3 Å². The molecular weight excluding hydrogens is 544 g/mol. The molecule has 0 radical (unpaired) electrons. The number of hydrogen-bond donors (Lipinski definition) is 2. The molecule has 3 aromatic rings. The van der Waals surface area contributed by atoms with E-state index in [2.05, 4.69) is 27.4 Å². The van der Waals surface area contributed by atoms with Crippen LogP contribution in [0.2, 0.25) is 0 Å². The third-order valence-electron chi connectivity index (χ3n) is 7.39. The Kier molecular flexibility index (Phi) is 13.3.